The molecule has 0 fully saturated rings. The van der Waals surface area contributed by atoms with Crippen LogP contribution >= 0.6 is 0 Å². The van der Waals surface area contributed by atoms with Gasteiger partial charge in [-0.1, -0.05) is 18.2 Å². The van der Waals surface area contributed by atoms with Crippen LogP contribution in [0.15, 0.2) is 30.0 Å². The number of para-hydroxylation sites is 1. The lowest BCUT2D eigenvalue weighted by Crippen LogP contribution is -2.12. The molecule has 0 saturated heterocycles. The van der Waals surface area contributed by atoms with Crippen LogP contribution in [0.5, 0.6) is 0 Å². The molecule has 0 aliphatic rings. The van der Waals surface area contributed by atoms with E-state index in [9.17, 15) is 4.79 Å². The summed E-state index contributed by atoms with van der Waals surface area (Å²) >= 11 is 0. The summed E-state index contributed by atoms with van der Waals surface area (Å²) in [6.45, 7) is 3.48. The van der Waals surface area contributed by atoms with Crippen molar-refractivity contribution in [2.45, 2.75) is 20.0 Å². The van der Waals surface area contributed by atoms with E-state index in [1.165, 1.54) is 6.08 Å². The molecule has 1 N–H and O–H groups in total. The Morgan fingerprint density at radius 1 is 1.53 bits per heavy atom. The van der Waals surface area contributed by atoms with Gasteiger partial charge in [-0.15, -0.1) is 0 Å². The third-order valence-electron chi connectivity index (χ3n) is 2.49. The third-order valence-corrected chi connectivity index (χ3v) is 2.49. The molecule has 96 valence electrons. The van der Waals surface area contributed by atoms with Crippen LogP contribution in [0.2, 0.25) is 0 Å². The number of nitrogens with one attached hydrogen (secondary N) is 1. The first kappa shape index (κ1) is 12.8. The summed E-state index contributed by atoms with van der Waals surface area (Å²) in [7, 11) is 0. The first-order valence-corrected chi connectivity index (χ1v) is 5.86. The van der Waals surface area contributed by atoms with Gasteiger partial charge in [-0.3, -0.25) is 5.10 Å². The maximum atomic E-state index is 11.7. The van der Waals surface area contributed by atoms with Crippen LogP contribution in [0.3, 0.4) is 0 Å². The Morgan fingerprint density at radius 2 is 2.32 bits per heavy atom. The fourth-order valence-corrected chi connectivity index (χ4v) is 1.68. The largest absolute Gasteiger partial charge is 0.459 e. The minimum atomic E-state index is -0.617. The summed E-state index contributed by atoms with van der Waals surface area (Å²) in [5, 5.41) is 16.7. The number of esters is 1. The standard InChI is InChI=1S/C14H13N3O2/c1-9(2)19-14(18)12(7-15)6-10-4-3-5-11-8-16-17-13(10)11/h3-6,8-9H,1-2H3,(H,16,17)/b12-6+. The van der Waals surface area contributed by atoms with Crippen LogP contribution in [-0.4, -0.2) is 22.3 Å². The highest BCUT2D eigenvalue weighted by molar-refractivity contribution is 6.00. The average molecular weight is 255 g/mol. The number of hydrogen-bond acceptors (Lipinski definition) is 4. The molecule has 5 nitrogen and oxygen atoms in total. The van der Waals surface area contributed by atoms with Gasteiger partial charge in [-0.05, 0) is 19.9 Å². The lowest BCUT2D eigenvalue weighted by atomic mass is 10.1. The Morgan fingerprint density at radius 3 is 3.00 bits per heavy atom. The van der Waals surface area contributed by atoms with E-state index in [1.54, 1.807) is 26.1 Å². The minimum absolute atomic E-state index is 0.0317. The van der Waals surface area contributed by atoms with Crippen LogP contribution in [-0.2, 0) is 9.53 Å². The van der Waals surface area contributed by atoms with Gasteiger partial charge in [0.15, 0.2) is 0 Å². The predicted octanol–water partition coefficient (Wildman–Crippen LogP) is 2.42. The Bertz CT molecular complexity index is 677. The lowest BCUT2D eigenvalue weighted by Gasteiger charge is -2.06. The van der Waals surface area contributed by atoms with Gasteiger partial charge in [0.05, 0.1) is 17.8 Å². The van der Waals surface area contributed by atoms with Crippen LogP contribution in [0.4, 0.5) is 0 Å². The number of H-pyrrole nitrogens is 1. The maximum Gasteiger partial charge on any atom is 0.349 e. The van der Waals surface area contributed by atoms with Gasteiger partial charge in [0.25, 0.3) is 0 Å². The van der Waals surface area contributed by atoms with E-state index in [0.29, 0.717) is 0 Å². The van der Waals surface area contributed by atoms with Crippen LogP contribution in [0.25, 0.3) is 17.0 Å². The smallest absolute Gasteiger partial charge is 0.349 e. The molecule has 0 atom stereocenters. The second-order valence-corrected chi connectivity index (χ2v) is 4.31. The van der Waals surface area contributed by atoms with Gasteiger partial charge in [0.1, 0.15) is 11.6 Å². The zero-order chi connectivity index (χ0) is 13.8. The fraction of sp³-hybridized carbons (Fsp3) is 0.214. The van der Waals surface area contributed by atoms with Crippen molar-refractivity contribution in [3.63, 3.8) is 0 Å². The summed E-state index contributed by atoms with van der Waals surface area (Å²) in [6.07, 6.45) is 2.93. The molecule has 0 bridgehead atoms. The van der Waals surface area contributed by atoms with E-state index in [4.69, 9.17) is 10.00 Å². The Balaban J connectivity index is 2.40. The van der Waals surface area contributed by atoms with Crippen molar-refractivity contribution in [1.82, 2.24) is 10.2 Å². The van der Waals surface area contributed by atoms with Crippen molar-refractivity contribution in [3.8, 4) is 6.07 Å². The average Bonchev–Trinajstić information content (AvgIpc) is 2.83. The zero-order valence-electron chi connectivity index (χ0n) is 10.7. The molecule has 1 heterocycles. The molecule has 1 aromatic heterocycles. The maximum absolute atomic E-state index is 11.7. The molecule has 1 aromatic carbocycles. The van der Waals surface area contributed by atoms with Gasteiger partial charge >= 0.3 is 5.97 Å². The minimum Gasteiger partial charge on any atom is -0.459 e. The topological polar surface area (TPSA) is 78.8 Å². The Labute approximate surface area is 110 Å². The number of aromatic amines is 1. The van der Waals surface area contributed by atoms with E-state index in [0.717, 1.165) is 16.5 Å². The van der Waals surface area contributed by atoms with Gasteiger partial charge in [0, 0.05) is 10.9 Å². The Kier molecular flexibility index (Phi) is 3.62. The van der Waals surface area contributed by atoms with Gasteiger partial charge in [0.2, 0.25) is 0 Å². The van der Waals surface area contributed by atoms with Crippen LogP contribution < -0.4 is 0 Å². The summed E-state index contributed by atoms with van der Waals surface area (Å²) in [4.78, 5) is 11.7. The van der Waals surface area contributed by atoms with Crippen molar-refractivity contribution in [3.05, 3.63) is 35.5 Å². The summed E-state index contributed by atoms with van der Waals surface area (Å²) < 4.78 is 5.01. The van der Waals surface area contributed by atoms with Gasteiger partial charge in [-0.2, -0.15) is 10.4 Å². The monoisotopic (exact) mass is 255 g/mol. The van der Waals surface area contributed by atoms with Crippen molar-refractivity contribution in [2.24, 2.45) is 0 Å². The highest BCUT2D eigenvalue weighted by atomic mass is 16.5. The third kappa shape index (κ3) is 2.80. The normalized spacial score (nSPS) is 11.6. The van der Waals surface area contributed by atoms with Crippen molar-refractivity contribution in [1.29, 1.82) is 5.26 Å². The molecule has 0 aliphatic carbocycles. The number of carbonyl (C=O) groups excluding carboxylic acids is 1. The molecular formula is C14H13N3O2. The SMILES string of the molecule is CC(C)OC(=O)/C(C#N)=C/c1cccc2cn[nH]c12. The predicted molar refractivity (Wildman–Crippen MR) is 70.9 cm³/mol. The summed E-state index contributed by atoms with van der Waals surface area (Å²) in [5.41, 5.74) is 1.48. The molecule has 2 aromatic rings. The molecule has 2 rings (SSSR count). The lowest BCUT2D eigenvalue weighted by molar-refractivity contribution is -0.142. The summed E-state index contributed by atoms with van der Waals surface area (Å²) in [6, 6.07) is 7.41. The van der Waals surface area contributed by atoms with Crippen molar-refractivity contribution in [2.75, 3.05) is 0 Å². The highest BCUT2D eigenvalue weighted by Gasteiger charge is 2.13. The van der Waals surface area contributed by atoms with E-state index in [1.807, 2.05) is 18.2 Å². The van der Waals surface area contributed by atoms with Crippen molar-refractivity contribution >= 4 is 22.9 Å². The molecule has 0 aliphatic heterocycles. The molecule has 0 amide bonds. The molecule has 0 unspecified atom stereocenters. The number of benzene rings is 1. The number of carbonyl (C=O) groups is 1. The number of nitriles is 1. The molecular weight excluding hydrogens is 242 g/mol. The Hall–Kier alpha value is -2.61. The zero-order valence-corrected chi connectivity index (χ0v) is 10.7. The number of fused-ring (bicyclic) bond motifs is 1. The first-order chi connectivity index (χ1) is 9.11. The fourth-order valence-electron chi connectivity index (χ4n) is 1.68. The first-order valence-electron chi connectivity index (χ1n) is 5.86. The molecule has 0 radical (unpaired) electrons. The molecule has 19 heavy (non-hydrogen) atoms. The molecule has 0 saturated carbocycles. The van der Waals surface area contributed by atoms with E-state index >= 15 is 0 Å². The number of aromatic nitrogens is 2. The summed E-state index contributed by atoms with van der Waals surface area (Å²) in [5.74, 6) is -0.617. The number of nitrogens with zero attached hydrogens (tertiary/aromatic N) is 2. The molecule has 0 spiro atoms. The second-order valence-electron chi connectivity index (χ2n) is 4.31. The van der Waals surface area contributed by atoms with Crippen LogP contribution in [0.1, 0.15) is 19.4 Å². The van der Waals surface area contributed by atoms with Gasteiger partial charge in [-0.25, -0.2) is 4.79 Å². The van der Waals surface area contributed by atoms with Gasteiger partial charge < -0.3 is 4.74 Å². The van der Waals surface area contributed by atoms with E-state index in [2.05, 4.69) is 10.2 Å². The quantitative estimate of drug-likeness (QED) is 0.519. The van der Waals surface area contributed by atoms with Crippen LogP contribution in [0, 0.1) is 11.3 Å². The highest BCUT2D eigenvalue weighted by Crippen LogP contribution is 2.18. The number of hydrogen-bond donors (Lipinski definition) is 1. The van der Waals surface area contributed by atoms with E-state index < -0.39 is 5.97 Å². The number of ether oxygens (including phenoxy) is 1. The second kappa shape index (κ2) is 5.36. The van der Waals surface area contributed by atoms with E-state index in [-0.39, 0.29) is 11.7 Å². The van der Waals surface area contributed by atoms with Crippen molar-refractivity contribution < 1.29 is 9.53 Å². The molecule has 5 heteroatoms. The number of rotatable bonds is 3.